The number of pyridine rings is 1. The van der Waals surface area contributed by atoms with Crippen molar-refractivity contribution in [2.24, 2.45) is 0 Å². The Hall–Kier alpha value is -1.76. The second kappa shape index (κ2) is 5.70. The second-order valence-corrected chi connectivity index (χ2v) is 6.34. The van der Waals surface area contributed by atoms with Crippen molar-refractivity contribution >= 4 is 27.8 Å². The van der Waals surface area contributed by atoms with Crippen LogP contribution < -0.4 is 5.32 Å². The topological polar surface area (TPSA) is 72.7 Å². The first-order chi connectivity index (χ1) is 9.34. The van der Waals surface area contributed by atoms with Crippen molar-refractivity contribution in [3.8, 4) is 0 Å². The normalized spacial score (nSPS) is 11.4. The van der Waals surface area contributed by atoms with Crippen LogP contribution in [0.5, 0.6) is 0 Å². The van der Waals surface area contributed by atoms with Crippen LogP contribution in [0.2, 0.25) is 0 Å². The predicted molar refractivity (Wildman–Crippen MR) is 79.3 cm³/mol. The van der Waals surface area contributed by atoms with Gasteiger partial charge in [-0.1, -0.05) is 0 Å². The average Bonchev–Trinajstić information content (AvgIpc) is 2.76. The van der Waals surface area contributed by atoms with Gasteiger partial charge in [0.1, 0.15) is 6.33 Å². The number of amides is 1. The third-order valence-electron chi connectivity index (χ3n) is 2.56. The number of halogens is 1. The summed E-state index contributed by atoms with van der Waals surface area (Å²) < 4.78 is 2.56. The molecular formula is C13H16BrN5O. The lowest BCUT2D eigenvalue weighted by Gasteiger charge is -2.17. The zero-order valence-electron chi connectivity index (χ0n) is 11.6. The zero-order valence-corrected chi connectivity index (χ0v) is 13.2. The maximum absolute atomic E-state index is 11.9. The molecule has 0 spiro atoms. The number of carbonyl (C=O) groups is 1. The highest BCUT2D eigenvalue weighted by atomic mass is 79.9. The first kappa shape index (κ1) is 14.6. The smallest absolute Gasteiger partial charge is 0.248 e. The number of aromatic nitrogens is 4. The van der Waals surface area contributed by atoms with E-state index in [1.54, 1.807) is 23.4 Å². The Morgan fingerprint density at radius 3 is 2.75 bits per heavy atom. The fraction of sp³-hybridized carbons (Fsp3) is 0.385. The molecule has 106 valence electrons. The molecule has 20 heavy (non-hydrogen) atoms. The van der Waals surface area contributed by atoms with E-state index in [1.807, 2.05) is 26.8 Å². The van der Waals surface area contributed by atoms with Gasteiger partial charge in [0.15, 0.2) is 0 Å². The molecule has 7 heteroatoms. The van der Waals surface area contributed by atoms with Gasteiger partial charge in [-0.05, 0) is 48.3 Å². The molecule has 2 rings (SSSR count). The van der Waals surface area contributed by atoms with Gasteiger partial charge in [0.05, 0.1) is 12.0 Å². The molecule has 0 saturated carbocycles. The maximum atomic E-state index is 11.9. The van der Waals surface area contributed by atoms with E-state index in [2.05, 4.69) is 36.3 Å². The lowest BCUT2D eigenvalue weighted by atomic mass is 10.1. The summed E-state index contributed by atoms with van der Waals surface area (Å²) >= 11 is 3.32. The number of hydrogen-bond acceptors (Lipinski definition) is 4. The minimum atomic E-state index is -0.170. The van der Waals surface area contributed by atoms with E-state index in [9.17, 15) is 4.79 Å². The van der Waals surface area contributed by atoms with Gasteiger partial charge in [-0.3, -0.25) is 15.1 Å². The minimum Gasteiger partial charge on any atom is -0.293 e. The van der Waals surface area contributed by atoms with Crippen molar-refractivity contribution in [2.75, 3.05) is 5.32 Å². The van der Waals surface area contributed by atoms with E-state index in [-0.39, 0.29) is 17.9 Å². The highest BCUT2D eigenvalue weighted by Gasteiger charge is 2.16. The molecule has 0 bridgehead atoms. The number of carbonyl (C=O) groups excluding carboxylic acids is 1. The van der Waals surface area contributed by atoms with E-state index >= 15 is 0 Å². The quantitative estimate of drug-likeness (QED) is 0.933. The van der Waals surface area contributed by atoms with Crippen LogP contribution in [-0.2, 0) is 16.8 Å². The monoisotopic (exact) mass is 337 g/mol. The van der Waals surface area contributed by atoms with E-state index in [4.69, 9.17) is 0 Å². The first-order valence-corrected chi connectivity index (χ1v) is 6.95. The molecule has 0 saturated heterocycles. The fourth-order valence-corrected chi connectivity index (χ4v) is 1.96. The van der Waals surface area contributed by atoms with Crippen LogP contribution in [-0.4, -0.2) is 25.7 Å². The largest absolute Gasteiger partial charge is 0.293 e. The zero-order chi connectivity index (χ0) is 14.8. The van der Waals surface area contributed by atoms with Gasteiger partial charge in [0, 0.05) is 16.9 Å². The van der Waals surface area contributed by atoms with Gasteiger partial charge in [0.25, 0.3) is 0 Å². The summed E-state index contributed by atoms with van der Waals surface area (Å²) in [4.78, 5) is 20.0. The standard InChI is InChI=1S/C13H16BrN5O/c1-13(2,3)19-8-16-12(18-19)17-11(20)5-9-4-10(14)7-15-6-9/h4,6-8H,5H2,1-3H3,(H,17,18,20). The van der Waals surface area contributed by atoms with Crippen LogP contribution in [0, 0.1) is 0 Å². The van der Waals surface area contributed by atoms with Gasteiger partial charge < -0.3 is 0 Å². The predicted octanol–water partition coefficient (Wildman–Crippen LogP) is 2.37. The summed E-state index contributed by atoms with van der Waals surface area (Å²) in [6.07, 6.45) is 5.17. The summed E-state index contributed by atoms with van der Waals surface area (Å²) in [7, 11) is 0. The van der Waals surface area contributed by atoms with Crippen LogP contribution in [0.15, 0.2) is 29.3 Å². The molecule has 0 aliphatic carbocycles. The molecule has 0 aliphatic rings. The van der Waals surface area contributed by atoms with Crippen molar-refractivity contribution in [1.82, 2.24) is 19.7 Å². The Morgan fingerprint density at radius 2 is 2.15 bits per heavy atom. The highest BCUT2D eigenvalue weighted by Crippen LogP contribution is 2.13. The van der Waals surface area contributed by atoms with Crippen molar-refractivity contribution in [3.63, 3.8) is 0 Å². The van der Waals surface area contributed by atoms with E-state index in [1.165, 1.54) is 0 Å². The van der Waals surface area contributed by atoms with E-state index in [0.29, 0.717) is 5.95 Å². The number of anilines is 1. The number of nitrogens with one attached hydrogen (secondary N) is 1. The van der Waals surface area contributed by atoms with Crippen LogP contribution in [0.4, 0.5) is 5.95 Å². The molecule has 2 heterocycles. The van der Waals surface area contributed by atoms with Crippen LogP contribution >= 0.6 is 15.9 Å². The Bertz CT molecular complexity index is 617. The molecule has 2 aromatic heterocycles. The molecule has 1 N–H and O–H groups in total. The Morgan fingerprint density at radius 1 is 1.40 bits per heavy atom. The van der Waals surface area contributed by atoms with Crippen LogP contribution in [0.3, 0.4) is 0 Å². The molecule has 2 aromatic rings. The van der Waals surface area contributed by atoms with Gasteiger partial charge >= 0.3 is 0 Å². The third kappa shape index (κ3) is 3.86. The third-order valence-corrected chi connectivity index (χ3v) is 2.99. The molecule has 0 aromatic carbocycles. The molecule has 0 fully saturated rings. The highest BCUT2D eigenvalue weighted by molar-refractivity contribution is 9.10. The summed E-state index contributed by atoms with van der Waals surface area (Å²) in [5, 5.41) is 6.91. The Labute approximate surface area is 125 Å². The maximum Gasteiger partial charge on any atom is 0.248 e. The van der Waals surface area contributed by atoms with Gasteiger partial charge in [0.2, 0.25) is 11.9 Å². The number of nitrogens with zero attached hydrogens (tertiary/aromatic N) is 4. The summed E-state index contributed by atoms with van der Waals surface area (Å²) in [6, 6.07) is 1.85. The Kier molecular flexibility index (Phi) is 4.17. The number of hydrogen-bond donors (Lipinski definition) is 1. The van der Waals surface area contributed by atoms with Crippen LogP contribution in [0.1, 0.15) is 26.3 Å². The SMILES string of the molecule is CC(C)(C)n1cnc(NC(=O)Cc2cncc(Br)c2)n1. The van der Waals surface area contributed by atoms with Gasteiger partial charge in [-0.25, -0.2) is 9.67 Å². The molecule has 0 radical (unpaired) electrons. The second-order valence-electron chi connectivity index (χ2n) is 5.42. The number of rotatable bonds is 3. The van der Waals surface area contributed by atoms with Crippen LogP contribution in [0.25, 0.3) is 0 Å². The van der Waals surface area contributed by atoms with Crippen molar-refractivity contribution in [1.29, 1.82) is 0 Å². The first-order valence-electron chi connectivity index (χ1n) is 6.16. The van der Waals surface area contributed by atoms with Gasteiger partial charge in [-0.2, -0.15) is 0 Å². The molecule has 6 nitrogen and oxygen atoms in total. The molecular weight excluding hydrogens is 322 g/mol. The summed E-state index contributed by atoms with van der Waals surface area (Å²) in [5.41, 5.74) is 0.664. The average molecular weight is 338 g/mol. The van der Waals surface area contributed by atoms with E-state index in [0.717, 1.165) is 10.0 Å². The fourth-order valence-electron chi connectivity index (χ4n) is 1.55. The molecule has 0 atom stereocenters. The Balaban J connectivity index is 2.00. The molecule has 0 unspecified atom stereocenters. The van der Waals surface area contributed by atoms with E-state index < -0.39 is 0 Å². The van der Waals surface area contributed by atoms with Crippen molar-refractivity contribution < 1.29 is 4.79 Å². The molecule has 1 amide bonds. The van der Waals surface area contributed by atoms with Crippen molar-refractivity contribution in [2.45, 2.75) is 32.7 Å². The summed E-state index contributed by atoms with van der Waals surface area (Å²) in [6.45, 7) is 6.04. The lowest BCUT2D eigenvalue weighted by molar-refractivity contribution is -0.115. The molecule has 0 aliphatic heterocycles. The van der Waals surface area contributed by atoms with Crippen molar-refractivity contribution in [3.05, 3.63) is 34.8 Å². The summed E-state index contributed by atoms with van der Waals surface area (Å²) in [5.74, 6) is 0.143. The minimum absolute atomic E-state index is 0.163. The van der Waals surface area contributed by atoms with Gasteiger partial charge in [-0.15, -0.1) is 5.10 Å². The lowest BCUT2D eigenvalue weighted by Crippen LogP contribution is -2.23.